The van der Waals surface area contributed by atoms with Gasteiger partial charge >= 0.3 is 0 Å². The van der Waals surface area contributed by atoms with Crippen molar-refractivity contribution in [1.29, 1.82) is 0 Å². The third kappa shape index (κ3) is 6.07. The Morgan fingerprint density at radius 2 is 2.00 bits per heavy atom. The summed E-state index contributed by atoms with van der Waals surface area (Å²) in [6.45, 7) is 0.290. The normalized spacial score (nSPS) is 16.6. The first kappa shape index (κ1) is 19.1. The minimum absolute atomic E-state index is 0. The van der Waals surface area contributed by atoms with Crippen molar-refractivity contribution in [3.8, 4) is 0 Å². The zero-order valence-corrected chi connectivity index (χ0v) is 14.6. The summed E-state index contributed by atoms with van der Waals surface area (Å²) in [5.41, 5.74) is 1.80. The highest BCUT2D eigenvalue weighted by molar-refractivity contribution is 7.84. The highest BCUT2D eigenvalue weighted by Gasteiger charge is 2.19. The van der Waals surface area contributed by atoms with Crippen molar-refractivity contribution in [2.24, 2.45) is 0 Å². The van der Waals surface area contributed by atoms with Gasteiger partial charge in [-0.3, -0.25) is 9.00 Å². The first-order chi connectivity index (χ1) is 10.2. The number of halogens is 1. The Labute approximate surface area is 141 Å². The van der Waals surface area contributed by atoms with Gasteiger partial charge in [0.15, 0.2) is 0 Å². The maximum Gasteiger partial charge on any atom is 0.238 e. The number of likely N-dealkylation sites (N-methyl/N-ethyl adjacent to an activating group) is 1. The number of amides is 1. The molecule has 1 aromatic carbocycles. The largest absolute Gasteiger partial charge is 0.325 e. The van der Waals surface area contributed by atoms with Gasteiger partial charge in [0.05, 0.1) is 6.54 Å². The lowest BCUT2D eigenvalue weighted by Crippen LogP contribution is -2.25. The number of benzene rings is 1. The zero-order valence-electron chi connectivity index (χ0n) is 13.0. The van der Waals surface area contributed by atoms with Crippen LogP contribution < -0.4 is 10.6 Å². The molecule has 6 heteroatoms. The predicted molar refractivity (Wildman–Crippen MR) is 95.0 cm³/mol. The van der Waals surface area contributed by atoms with Gasteiger partial charge in [-0.05, 0) is 37.6 Å². The van der Waals surface area contributed by atoms with Gasteiger partial charge in [0.25, 0.3) is 0 Å². The van der Waals surface area contributed by atoms with E-state index in [0.717, 1.165) is 24.1 Å². The number of anilines is 1. The van der Waals surface area contributed by atoms with E-state index in [-0.39, 0.29) is 24.9 Å². The Kier molecular flexibility index (Phi) is 8.68. The molecule has 124 valence electrons. The van der Waals surface area contributed by atoms with Crippen LogP contribution in [0.4, 0.5) is 5.69 Å². The third-order valence-corrected chi connectivity index (χ3v) is 5.61. The lowest BCUT2D eigenvalue weighted by molar-refractivity contribution is -0.115. The van der Waals surface area contributed by atoms with E-state index in [4.69, 9.17) is 0 Å². The van der Waals surface area contributed by atoms with Crippen molar-refractivity contribution in [1.82, 2.24) is 5.32 Å². The highest BCUT2D eigenvalue weighted by Crippen LogP contribution is 2.24. The van der Waals surface area contributed by atoms with Crippen LogP contribution in [0, 0.1) is 0 Å². The Balaban J connectivity index is 0.00000242. The quantitative estimate of drug-likeness (QED) is 0.834. The standard InChI is InChI=1S/C16H24N2O2S.ClH/c1-17-11-16(19)18-14-7-5-6-13(10-14)12-21(20)15-8-3-2-4-9-15;/h5-7,10,15,17H,2-4,8-9,11-12H2,1H3,(H,18,19);1H. The topological polar surface area (TPSA) is 58.2 Å². The van der Waals surface area contributed by atoms with Crippen LogP contribution in [-0.4, -0.2) is 29.0 Å². The van der Waals surface area contributed by atoms with Crippen molar-refractivity contribution in [3.05, 3.63) is 29.8 Å². The fourth-order valence-electron chi connectivity index (χ4n) is 2.71. The van der Waals surface area contributed by atoms with Crippen LogP contribution in [-0.2, 0) is 21.3 Å². The Morgan fingerprint density at radius 1 is 1.27 bits per heavy atom. The van der Waals surface area contributed by atoms with Gasteiger partial charge in [-0.25, -0.2) is 0 Å². The molecule has 1 aromatic rings. The van der Waals surface area contributed by atoms with Gasteiger partial charge < -0.3 is 10.6 Å². The fraction of sp³-hybridized carbons (Fsp3) is 0.562. The molecular weight excluding hydrogens is 320 g/mol. The molecule has 2 N–H and O–H groups in total. The summed E-state index contributed by atoms with van der Waals surface area (Å²) in [7, 11) is 0.933. The summed E-state index contributed by atoms with van der Waals surface area (Å²) in [5, 5.41) is 6.00. The molecule has 22 heavy (non-hydrogen) atoms. The maximum atomic E-state index is 12.4. The molecule has 1 aliphatic rings. The zero-order chi connectivity index (χ0) is 15.1. The molecule has 0 spiro atoms. The molecule has 0 radical (unpaired) electrons. The van der Waals surface area contributed by atoms with Crippen LogP contribution in [0.2, 0.25) is 0 Å². The van der Waals surface area contributed by atoms with Gasteiger partial charge in [-0.1, -0.05) is 31.4 Å². The Hall–Kier alpha value is -0.910. The van der Waals surface area contributed by atoms with E-state index < -0.39 is 10.8 Å². The first-order valence-corrected chi connectivity index (χ1v) is 8.98. The fourth-order valence-corrected chi connectivity index (χ4v) is 4.32. The van der Waals surface area contributed by atoms with Gasteiger partial charge in [0, 0.05) is 27.5 Å². The molecule has 1 amide bonds. The van der Waals surface area contributed by atoms with Crippen LogP contribution in [0.5, 0.6) is 0 Å². The van der Waals surface area contributed by atoms with E-state index in [1.165, 1.54) is 19.3 Å². The smallest absolute Gasteiger partial charge is 0.238 e. The SMILES string of the molecule is CNCC(=O)Nc1cccc(CS(=O)C2CCCCC2)c1.Cl. The van der Waals surface area contributed by atoms with E-state index in [1.807, 2.05) is 24.3 Å². The molecule has 2 rings (SSSR count). The van der Waals surface area contributed by atoms with Crippen molar-refractivity contribution in [3.63, 3.8) is 0 Å². The number of nitrogens with one attached hydrogen (secondary N) is 2. The average molecular weight is 345 g/mol. The van der Waals surface area contributed by atoms with Crippen molar-refractivity contribution < 1.29 is 9.00 Å². The maximum absolute atomic E-state index is 12.4. The third-order valence-electron chi connectivity index (χ3n) is 3.78. The Bertz CT molecular complexity index is 505. The molecule has 1 aliphatic carbocycles. The number of hydrogen-bond acceptors (Lipinski definition) is 3. The minimum Gasteiger partial charge on any atom is -0.325 e. The van der Waals surface area contributed by atoms with Gasteiger partial charge in [0.2, 0.25) is 5.91 Å². The molecule has 0 saturated heterocycles. The van der Waals surface area contributed by atoms with E-state index >= 15 is 0 Å². The molecular formula is C16H25ClN2O2S. The minimum atomic E-state index is -0.807. The number of carbonyl (C=O) groups is 1. The summed E-state index contributed by atoms with van der Waals surface area (Å²) in [4.78, 5) is 11.6. The van der Waals surface area contributed by atoms with E-state index in [0.29, 0.717) is 11.0 Å². The molecule has 1 fully saturated rings. The van der Waals surface area contributed by atoms with Gasteiger partial charge in [0.1, 0.15) is 0 Å². The van der Waals surface area contributed by atoms with Crippen LogP contribution >= 0.6 is 12.4 Å². The molecule has 0 heterocycles. The van der Waals surface area contributed by atoms with E-state index in [2.05, 4.69) is 10.6 Å². The summed E-state index contributed by atoms with van der Waals surface area (Å²) in [5.74, 6) is 0.517. The lowest BCUT2D eigenvalue weighted by atomic mass is 10.0. The molecule has 1 saturated carbocycles. The summed E-state index contributed by atoms with van der Waals surface area (Å²) in [6, 6.07) is 7.67. The predicted octanol–water partition coefficient (Wildman–Crippen LogP) is 2.85. The number of carbonyl (C=O) groups excluding carboxylic acids is 1. The summed E-state index contributed by atoms with van der Waals surface area (Å²) < 4.78 is 12.4. The van der Waals surface area contributed by atoms with Crippen molar-refractivity contribution >= 4 is 34.8 Å². The highest BCUT2D eigenvalue weighted by atomic mass is 35.5. The van der Waals surface area contributed by atoms with E-state index in [9.17, 15) is 9.00 Å². The van der Waals surface area contributed by atoms with Crippen LogP contribution in [0.1, 0.15) is 37.7 Å². The number of hydrogen-bond donors (Lipinski definition) is 2. The molecule has 1 atom stereocenters. The number of rotatable bonds is 6. The Morgan fingerprint density at radius 3 is 2.68 bits per heavy atom. The average Bonchev–Trinajstić information content (AvgIpc) is 2.48. The van der Waals surface area contributed by atoms with Crippen LogP contribution in [0.15, 0.2) is 24.3 Å². The van der Waals surface area contributed by atoms with Crippen LogP contribution in [0.25, 0.3) is 0 Å². The first-order valence-electron chi connectivity index (χ1n) is 7.59. The van der Waals surface area contributed by atoms with E-state index in [1.54, 1.807) is 7.05 Å². The summed E-state index contributed by atoms with van der Waals surface area (Å²) in [6.07, 6.45) is 5.87. The second-order valence-electron chi connectivity index (χ2n) is 5.56. The molecule has 4 nitrogen and oxygen atoms in total. The monoisotopic (exact) mass is 344 g/mol. The molecule has 0 aromatic heterocycles. The van der Waals surface area contributed by atoms with Crippen molar-refractivity contribution in [2.75, 3.05) is 18.9 Å². The van der Waals surface area contributed by atoms with Crippen LogP contribution in [0.3, 0.4) is 0 Å². The molecule has 0 bridgehead atoms. The van der Waals surface area contributed by atoms with Crippen molar-refractivity contribution in [2.45, 2.75) is 43.1 Å². The molecule has 1 unspecified atom stereocenters. The summed E-state index contributed by atoms with van der Waals surface area (Å²) >= 11 is 0. The van der Waals surface area contributed by atoms with Gasteiger partial charge in [-0.2, -0.15) is 0 Å². The van der Waals surface area contributed by atoms with Gasteiger partial charge in [-0.15, -0.1) is 12.4 Å². The molecule has 0 aliphatic heterocycles. The second kappa shape index (κ2) is 9.98. The second-order valence-corrected chi connectivity index (χ2v) is 7.28. The lowest BCUT2D eigenvalue weighted by Gasteiger charge is -2.21.